The molecule has 0 saturated carbocycles. The van der Waals surface area contributed by atoms with Gasteiger partial charge in [-0.1, -0.05) is 66.2 Å². The molecule has 1 unspecified atom stereocenters. The van der Waals surface area contributed by atoms with Gasteiger partial charge in [0.25, 0.3) is 5.91 Å². The number of amides is 1. The molecular weight excluding hydrogens is 418 g/mol. The molecule has 5 rings (SSSR count). The Balaban J connectivity index is 1.45. The zero-order valence-electron chi connectivity index (χ0n) is 18.1. The van der Waals surface area contributed by atoms with Gasteiger partial charge in [0, 0.05) is 19.0 Å². The molecule has 2 aliphatic rings. The van der Waals surface area contributed by atoms with Crippen molar-refractivity contribution in [2.24, 2.45) is 5.92 Å². The minimum atomic E-state index is 0.0269. The highest BCUT2D eigenvalue weighted by atomic mass is 35.5. The third-order valence-electron chi connectivity index (χ3n) is 6.81. The average Bonchev–Trinajstić information content (AvgIpc) is 3.00. The molecule has 162 valence electrons. The molecule has 1 fully saturated rings. The maximum Gasteiger partial charge on any atom is 0.255 e. The zero-order chi connectivity index (χ0) is 22.1. The molecule has 0 bridgehead atoms. The van der Waals surface area contributed by atoms with Gasteiger partial charge in [0.15, 0.2) is 0 Å². The minimum absolute atomic E-state index is 0.0269. The van der Waals surface area contributed by atoms with Gasteiger partial charge in [-0.05, 0) is 65.3 Å². The maximum absolute atomic E-state index is 13.1. The van der Waals surface area contributed by atoms with Gasteiger partial charge < -0.3 is 9.64 Å². The molecule has 1 aliphatic heterocycles. The van der Waals surface area contributed by atoms with Crippen LogP contribution in [0.15, 0.2) is 66.7 Å². The topological polar surface area (TPSA) is 29.5 Å². The number of piperidine rings is 1. The van der Waals surface area contributed by atoms with Crippen LogP contribution in [0.5, 0.6) is 5.75 Å². The fraction of sp³-hybridized carbons (Fsp3) is 0.250. The second-order valence-electron chi connectivity index (χ2n) is 8.54. The van der Waals surface area contributed by atoms with Crippen molar-refractivity contribution in [2.75, 3.05) is 20.2 Å². The number of hydrogen-bond donors (Lipinski definition) is 0. The monoisotopic (exact) mass is 443 g/mol. The van der Waals surface area contributed by atoms with E-state index in [0.29, 0.717) is 16.5 Å². The summed E-state index contributed by atoms with van der Waals surface area (Å²) in [5.74, 6) is 1.62. The molecule has 0 aromatic heterocycles. The number of likely N-dealkylation sites (tertiary alicyclic amines) is 1. The van der Waals surface area contributed by atoms with Crippen LogP contribution in [0.4, 0.5) is 0 Å². The molecule has 1 saturated heterocycles. The van der Waals surface area contributed by atoms with Crippen LogP contribution >= 0.6 is 11.6 Å². The Kier molecular flexibility index (Phi) is 5.75. The molecule has 3 aromatic rings. The van der Waals surface area contributed by atoms with Crippen LogP contribution in [-0.2, 0) is 0 Å². The highest BCUT2D eigenvalue weighted by Gasteiger charge is 2.33. The zero-order valence-corrected chi connectivity index (χ0v) is 18.9. The molecule has 1 aliphatic carbocycles. The summed E-state index contributed by atoms with van der Waals surface area (Å²) in [4.78, 5) is 15.0. The van der Waals surface area contributed by atoms with Crippen LogP contribution in [0.1, 0.15) is 51.4 Å². The van der Waals surface area contributed by atoms with Crippen molar-refractivity contribution in [3.8, 4) is 5.75 Å². The van der Waals surface area contributed by atoms with Gasteiger partial charge in [-0.3, -0.25) is 4.79 Å². The number of benzene rings is 3. The van der Waals surface area contributed by atoms with Crippen molar-refractivity contribution in [1.29, 1.82) is 0 Å². The lowest BCUT2D eigenvalue weighted by Crippen LogP contribution is -2.40. The van der Waals surface area contributed by atoms with Gasteiger partial charge >= 0.3 is 0 Å². The van der Waals surface area contributed by atoms with Crippen LogP contribution in [0.2, 0.25) is 5.02 Å². The second-order valence-corrected chi connectivity index (χ2v) is 8.95. The van der Waals surface area contributed by atoms with Crippen LogP contribution in [0.25, 0.3) is 12.2 Å². The van der Waals surface area contributed by atoms with E-state index >= 15 is 0 Å². The number of methoxy groups -OCH3 is 1. The SMILES string of the molecule is COc1ccc2c(c1)C(C1CCN(C(=O)c3ccccc3Cl)CC1)c1ccccc1C=C2. The van der Waals surface area contributed by atoms with Crippen molar-refractivity contribution >= 4 is 29.7 Å². The molecule has 0 radical (unpaired) electrons. The second kappa shape index (κ2) is 8.84. The van der Waals surface area contributed by atoms with Gasteiger partial charge in [0.1, 0.15) is 5.75 Å². The first-order valence-electron chi connectivity index (χ1n) is 11.1. The minimum Gasteiger partial charge on any atom is -0.497 e. The molecule has 32 heavy (non-hydrogen) atoms. The Bertz CT molecular complexity index is 1180. The van der Waals surface area contributed by atoms with E-state index in [1.165, 1.54) is 22.3 Å². The number of halogens is 1. The Morgan fingerprint density at radius 2 is 1.59 bits per heavy atom. The predicted octanol–water partition coefficient (Wildman–Crippen LogP) is 6.52. The first kappa shape index (κ1) is 20.8. The molecule has 0 N–H and O–H groups in total. The number of rotatable bonds is 3. The lowest BCUT2D eigenvalue weighted by molar-refractivity contribution is 0.0683. The third kappa shape index (κ3) is 3.82. The number of carbonyl (C=O) groups excluding carboxylic acids is 1. The first-order chi connectivity index (χ1) is 15.7. The number of hydrogen-bond acceptors (Lipinski definition) is 2. The maximum atomic E-state index is 13.1. The lowest BCUT2D eigenvalue weighted by atomic mass is 9.74. The van der Waals surface area contributed by atoms with E-state index in [4.69, 9.17) is 16.3 Å². The quantitative estimate of drug-likeness (QED) is 0.461. The van der Waals surface area contributed by atoms with Crippen molar-refractivity contribution in [3.05, 3.63) is 99.6 Å². The van der Waals surface area contributed by atoms with Gasteiger partial charge in [0.2, 0.25) is 0 Å². The van der Waals surface area contributed by atoms with E-state index < -0.39 is 0 Å². The van der Waals surface area contributed by atoms with Crippen molar-refractivity contribution in [3.63, 3.8) is 0 Å². The molecule has 1 heterocycles. The smallest absolute Gasteiger partial charge is 0.255 e. The standard InChI is InChI=1S/C28H26ClNO2/c1-32-22-13-12-20-11-10-19-6-2-3-7-23(19)27(25(20)18-22)21-14-16-30(17-15-21)28(31)24-8-4-5-9-26(24)29/h2-13,18,21,27H,14-17H2,1H3. The number of fused-ring (bicyclic) bond motifs is 2. The number of ether oxygens (including phenoxy) is 1. The summed E-state index contributed by atoms with van der Waals surface area (Å²) in [6.07, 6.45) is 6.33. The van der Waals surface area contributed by atoms with Crippen molar-refractivity contribution < 1.29 is 9.53 Å². The fourth-order valence-corrected chi connectivity index (χ4v) is 5.36. The molecule has 1 amide bonds. The highest BCUT2D eigenvalue weighted by molar-refractivity contribution is 6.33. The lowest BCUT2D eigenvalue weighted by Gasteiger charge is -2.37. The number of carbonyl (C=O) groups is 1. The normalized spacial score (nSPS) is 17.9. The molecule has 4 heteroatoms. The molecule has 3 nitrogen and oxygen atoms in total. The summed E-state index contributed by atoms with van der Waals surface area (Å²) in [5.41, 5.74) is 5.75. The first-order valence-corrected chi connectivity index (χ1v) is 11.5. The summed E-state index contributed by atoms with van der Waals surface area (Å²) in [7, 11) is 1.72. The molecule has 1 atom stereocenters. The van der Waals surface area contributed by atoms with E-state index in [0.717, 1.165) is 31.7 Å². The van der Waals surface area contributed by atoms with Crippen LogP contribution in [0.3, 0.4) is 0 Å². The molecule has 3 aromatic carbocycles. The van der Waals surface area contributed by atoms with Gasteiger partial charge in [-0.15, -0.1) is 0 Å². The van der Waals surface area contributed by atoms with E-state index in [1.807, 2.05) is 29.2 Å². The summed E-state index contributed by atoms with van der Waals surface area (Å²) < 4.78 is 5.56. The van der Waals surface area contributed by atoms with E-state index in [9.17, 15) is 4.79 Å². The number of nitrogens with zero attached hydrogens (tertiary/aromatic N) is 1. The fourth-order valence-electron chi connectivity index (χ4n) is 5.14. The van der Waals surface area contributed by atoms with Gasteiger partial charge in [-0.25, -0.2) is 0 Å². The van der Waals surface area contributed by atoms with E-state index in [1.54, 1.807) is 13.2 Å². The van der Waals surface area contributed by atoms with Crippen LogP contribution in [0, 0.1) is 5.92 Å². The largest absolute Gasteiger partial charge is 0.497 e. The summed E-state index contributed by atoms with van der Waals surface area (Å²) in [6, 6.07) is 22.4. The van der Waals surface area contributed by atoms with E-state index in [-0.39, 0.29) is 11.8 Å². The summed E-state index contributed by atoms with van der Waals surface area (Å²) >= 11 is 6.28. The molecule has 0 spiro atoms. The van der Waals surface area contributed by atoms with Crippen LogP contribution < -0.4 is 4.74 Å². The Hall–Kier alpha value is -3.04. The Labute approximate surface area is 194 Å². The summed E-state index contributed by atoms with van der Waals surface area (Å²) in [6.45, 7) is 1.47. The van der Waals surface area contributed by atoms with Crippen molar-refractivity contribution in [1.82, 2.24) is 4.90 Å². The Morgan fingerprint density at radius 3 is 2.34 bits per heavy atom. The predicted molar refractivity (Wildman–Crippen MR) is 130 cm³/mol. The average molecular weight is 444 g/mol. The third-order valence-corrected chi connectivity index (χ3v) is 7.13. The summed E-state index contributed by atoms with van der Waals surface area (Å²) in [5, 5.41) is 0.518. The Morgan fingerprint density at radius 1 is 0.906 bits per heavy atom. The molecular formula is C28H26ClNO2. The van der Waals surface area contributed by atoms with Gasteiger partial charge in [-0.2, -0.15) is 0 Å². The van der Waals surface area contributed by atoms with Crippen LogP contribution in [-0.4, -0.2) is 31.0 Å². The van der Waals surface area contributed by atoms with Gasteiger partial charge in [0.05, 0.1) is 17.7 Å². The highest BCUT2D eigenvalue weighted by Crippen LogP contribution is 2.44. The van der Waals surface area contributed by atoms with E-state index in [2.05, 4.69) is 48.6 Å². The van der Waals surface area contributed by atoms with Crippen molar-refractivity contribution in [2.45, 2.75) is 18.8 Å².